The molecule has 0 bridgehead atoms. The average Bonchev–Trinajstić information content (AvgIpc) is 3.21. The summed E-state index contributed by atoms with van der Waals surface area (Å²) in [4.78, 5) is 32.2. The minimum atomic E-state index is -0.950. The van der Waals surface area contributed by atoms with Crippen LogP contribution in [-0.4, -0.2) is 40.8 Å². The number of thiazole rings is 1. The number of fused-ring (bicyclic) bond motifs is 1. The summed E-state index contributed by atoms with van der Waals surface area (Å²) in [6, 6.07) is 10.4. The number of nitrogens with zero attached hydrogens (tertiary/aromatic N) is 2. The van der Waals surface area contributed by atoms with E-state index in [1.807, 2.05) is 18.2 Å². The van der Waals surface area contributed by atoms with Crippen LogP contribution in [0, 0.1) is 17.6 Å². The number of hydrogen-bond donors (Lipinski definition) is 1. The summed E-state index contributed by atoms with van der Waals surface area (Å²) in [7, 11) is 0. The minimum absolute atomic E-state index is 0.229. The van der Waals surface area contributed by atoms with Gasteiger partial charge in [0.05, 0.1) is 15.2 Å². The molecule has 2 heterocycles. The number of carbonyl (C=O) groups excluding carboxylic acids is 2. The number of para-hydroxylation sites is 1. The molecule has 1 aromatic heterocycles. The van der Waals surface area contributed by atoms with Crippen LogP contribution >= 0.6 is 11.3 Å². The molecule has 0 aliphatic carbocycles. The molecule has 1 saturated heterocycles. The van der Waals surface area contributed by atoms with Crippen molar-refractivity contribution in [2.24, 2.45) is 5.92 Å². The maximum Gasteiger partial charge on any atom is 0.257 e. The molecule has 1 fully saturated rings. The third-order valence-electron chi connectivity index (χ3n) is 5.88. The zero-order chi connectivity index (χ0) is 22.8. The first-order valence-corrected chi connectivity index (χ1v) is 11.6. The fraction of sp³-hybridized carbons (Fsp3) is 0.375. The molecule has 0 spiro atoms. The van der Waals surface area contributed by atoms with Crippen molar-refractivity contribution in [2.75, 3.05) is 13.1 Å². The van der Waals surface area contributed by atoms with E-state index in [9.17, 15) is 18.4 Å². The Kier molecular flexibility index (Phi) is 6.50. The molecule has 0 unspecified atom stereocenters. The van der Waals surface area contributed by atoms with Gasteiger partial charge in [0.25, 0.3) is 5.91 Å². The number of aromatic nitrogens is 1. The predicted molar refractivity (Wildman–Crippen MR) is 121 cm³/mol. The zero-order valence-corrected chi connectivity index (χ0v) is 18.8. The highest BCUT2D eigenvalue weighted by Gasteiger charge is 2.33. The lowest BCUT2D eigenvalue weighted by molar-refractivity contribution is -0.135. The molecule has 0 saturated carbocycles. The number of piperidine rings is 1. The molecule has 1 N–H and O–H groups in total. The van der Waals surface area contributed by atoms with Gasteiger partial charge >= 0.3 is 0 Å². The molecular weight excluding hydrogens is 432 g/mol. The fourth-order valence-corrected chi connectivity index (χ4v) is 5.19. The zero-order valence-electron chi connectivity index (χ0n) is 18.0. The van der Waals surface area contributed by atoms with Crippen LogP contribution in [0.3, 0.4) is 0 Å². The van der Waals surface area contributed by atoms with E-state index < -0.39 is 29.1 Å². The van der Waals surface area contributed by atoms with Gasteiger partial charge in [-0.3, -0.25) is 9.59 Å². The molecule has 32 heavy (non-hydrogen) atoms. The number of nitrogens with one attached hydrogen (secondary N) is 1. The van der Waals surface area contributed by atoms with Gasteiger partial charge in [0.2, 0.25) is 5.91 Å². The number of likely N-dealkylation sites (tertiary alicyclic amines) is 1. The molecule has 2 aromatic carbocycles. The van der Waals surface area contributed by atoms with Gasteiger partial charge in [-0.1, -0.05) is 32.0 Å². The van der Waals surface area contributed by atoms with Crippen LogP contribution in [-0.2, 0) is 4.79 Å². The Morgan fingerprint density at radius 1 is 1.06 bits per heavy atom. The molecule has 1 atom stereocenters. The van der Waals surface area contributed by atoms with Crippen LogP contribution in [0.2, 0.25) is 0 Å². The normalized spacial score (nSPS) is 15.8. The first kappa shape index (κ1) is 22.3. The van der Waals surface area contributed by atoms with Crippen LogP contribution < -0.4 is 5.32 Å². The van der Waals surface area contributed by atoms with Gasteiger partial charge in [-0.15, -0.1) is 11.3 Å². The summed E-state index contributed by atoms with van der Waals surface area (Å²) < 4.78 is 29.1. The predicted octanol–water partition coefficient (Wildman–Crippen LogP) is 4.74. The molecule has 8 heteroatoms. The van der Waals surface area contributed by atoms with Crippen molar-refractivity contribution in [1.29, 1.82) is 0 Å². The Labute approximate surface area is 189 Å². The van der Waals surface area contributed by atoms with E-state index in [1.165, 1.54) is 6.07 Å². The van der Waals surface area contributed by atoms with Gasteiger partial charge in [0, 0.05) is 19.0 Å². The summed E-state index contributed by atoms with van der Waals surface area (Å²) in [6.45, 7) is 4.70. The molecule has 3 aromatic rings. The maximum absolute atomic E-state index is 14.0. The van der Waals surface area contributed by atoms with Crippen LogP contribution in [0.15, 0.2) is 42.5 Å². The molecular formula is C24H25F2N3O2S. The highest BCUT2D eigenvalue weighted by Crippen LogP contribution is 2.34. The van der Waals surface area contributed by atoms with Gasteiger partial charge in [0.15, 0.2) is 0 Å². The second-order valence-corrected chi connectivity index (χ2v) is 9.47. The number of benzene rings is 2. The van der Waals surface area contributed by atoms with Crippen molar-refractivity contribution in [3.05, 3.63) is 64.7 Å². The van der Waals surface area contributed by atoms with Crippen molar-refractivity contribution in [3.63, 3.8) is 0 Å². The number of rotatable bonds is 5. The Morgan fingerprint density at radius 3 is 2.34 bits per heavy atom. The lowest BCUT2D eigenvalue weighted by Gasteiger charge is -2.35. The van der Waals surface area contributed by atoms with E-state index >= 15 is 0 Å². The van der Waals surface area contributed by atoms with Gasteiger partial charge in [-0.05, 0) is 43.0 Å². The molecule has 1 aliphatic heterocycles. The Balaban J connectivity index is 1.42. The first-order chi connectivity index (χ1) is 15.3. The van der Waals surface area contributed by atoms with E-state index in [0.29, 0.717) is 13.1 Å². The quantitative estimate of drug-likeness (QED) is 0.602. The Morgan fingerprint density at radius 2 is 1.72 bits per heavy atom. The summed E-state index contributed by atoms with van der Waals surface area (Å²) >= 11 is 1.69. The van der Waals surface area contributed by atoms with Crippen molar-refractivity contribution < 1.29 is 18.4 Å². The molecule has 2 amide bonds. The molecule has 4 rings (SSSR count). The molecule has 0 radical (unpaired) electrons. The van der Waals surface area contributed by atoms with Crippen LogP contribution in [0.4, 0.5) is 8.78 Å². The number of carbonyl (C=O) groups is 2. The van der Waals surface area contributed by atoms with E-state index in [-0.39, 0.29) is 17.7 Å². The topological polar surface area (TPSA) is 62.3 Å². The highest BCUT2D eigenvalue weighted by atomic mass is 32.1. The van der Waals surface area contributed by atoms with Gasteiger partial charge in [-0.25, -0.2) is 13.8 Å². The van der Waals surface area contributed by atoms with E-state index in [0.717, 1.165) is 40.2 Å². The van der Waals surface area contributed by atoms with E-state index in [1.54, 1.807) is 30.1 Å². The monoisotopic (exact) mass is 457 g/mol. The minimum Gasteiger partial charge on any atom is -0.341 e. The summed E-state index contributed by atoms with van der Waals surface area (Å²) in [5, 5.41) is 3.64. The van der Waals surface area contributed by atoms with Gasteiger partial charge < -0.3 is 10.2 Å². The summed E-state index contributed by atoms with van der Waals surface area (Å²) in [5.74, 6) is -2.99. The number of hydrogen-bond acceptors (Lipinski definition) is 4. The lowest BCUT2D eigenvalue weighted by atomic mass is 9.95. The van der Waals surface area contributed by atoms with Crippen molar-refractivity contribution >= 4 is 33.4 Å². The van der Waals surface area contributed by atoms with Crippen molar-refractivity contribution in [1.82, 2.24) is 15.2 Å². The smallest absolute Gasteiger partial charge is 0.257 e. The second-order valence-electron chi connectivity index (χ2n) is 8.41. The van der Waals surface area contributed by atoms with Crippen molar-refractivity contribution in [2.45, 2.75) is 38.6 Å². The van der Waals surface area contributed by atoms with E-state index in [4.69, 9.17) is 4.98 Å². The van der Waals surface area contributed by atoms with E-state index in [2.05, 4.69) is 11.4 Å². The molecule has 168 valence electrons. The Bertz CT molecular complexity index is 1090. The maximum atomic E-state index is 14.0. The average molecular weight is 458 g/mol. The largest absolute Gasteiger partial charge is 0.341 e. The SMILES string of the molecule is CC(C)[C@H](NC(=O)c1c(F)cccc1F)C(=O)N1CCC(c2nc3ccccc3s2)CC1. The first-order valence-electron chi connectivity index (χ1n) is 10.7. The second kappa shape index (κ2) is 9.32. The Hall–Kier alpha value is -2.87. The number of amides is 2. The summed E-state index contributed by atoms with van der Waals surface area (Å²) in [6.07, 6.45) is 1.57. The third-order valence-corrected chi connectivity index (χ3v) is 7.07. The third kappa shape index (κ3) is 4.50. The van der Waals surface area contributed by atoms with Crippen molar-refractivity contribution in [3.8, 4) is 0 Å². The van der Waals surface area contributed by atoms with Gasteiger partial charge in [0.1, 0.15) is 23.2 Å². The standard InChI is InChI=1S/C24H25F2N3O2S/c1-14(2)21(28-22(30)20-16(25)6-5-7-17(20)26)24(31)29-12-10-15(11-13-29)23-27-18-8-3-4-9-19(18)32-23/h3-9,14-15,21H,10-13H2,1-2H3,(H,28,30)/t21-/m0/s1. The molecule has 1 aliphatic rings. The molecule has 5 nitrogen and oxygen atoms in total. The summed E-state index contributed by atoms with van der Waals surface area (Å²) in [5.41, 5.74) is 0.328. The highest BCUT2D eigenvalue weighted by molar-refractivity contribution is 7.18. The number of halogens is 2. The van der Waals surface area contributed by atoms with Crippen LogP contribution in [0.1, 0.15) is 48.0 Å². The van der Waals surface area contributed by atoms with Crippen LogP contribution in [0.5, 0.6) is 0 Å². The lowest BCUT2D eigenvalue weighted by Crippen LogP contribution is -2.53. The fourth-order valence-electron chi connectivity index (χ4n) is 4.05. The van der Waals surface area contributed by atoms with Gasteiger partial charge in [-0.2, -0.15) is 0 Å². The van der Waals surface area contributed by atoms with Crippen LogP contribution in [0.25, 0.3) is 10.2 Å².